The molecule has 0 fully saturated rings. The topological polar surface area (TPSA) is 81.8 Å². The summed E-state index contributed by atoms with van der Waals surface area (Å²) >= 11 is 1.60. The molecule has 2 aromatic heterocycles. The Labute approximate surface area is 180 Å². The maximum Gasteiger partial charge on any atom is 0.333 e. The van der Waals surface area contributed by atoms with E-state index in [0.717, 1.165) is 34.1 Å². The molecule has 0 radical (unpaired) electrons. The molecular formula is C23H27NO5S. The van der Waals surface area contributed by atoms with Crippen molar-refractivity contribution in [3.63, 3.8) is 0 Å². The van der Waals surface area contributed by atoms with Crippen LogP contribution in [0.5, 0.6) is 5.75 Å². The Hall–Kier alpha value is -2.64. The number of oxazole rings is 1. The Balaban J connectivity index is 1.52. The average molecular weight is 430 g/mol. The van der Waals surface area contributed by atoms with Crippen LogP contribution >= 0.6 is 11.3 Å². The fourth-order valence-electron chi connectivity index (χ4n) is 2.94. The van der Waals surface area contributed by atoms with E-state index in [9.17, 15) is 9.90 Å². The van der Waals surface area contributed by atoms with Gasteiger partial charge in [-0.1, -0.05) is 25.1 Å². The van der Waals surface area contributed by atoms with Crippen LogP contribution in [0.4, 0.5) is 0 Å². The predicted octanol–water partition coefficient (Wildman–Crippen LogP) is 5.14. The standard InChI is InChI=1S/C23H27NO5S/c1-4-15(2)28-20(23(25)26)14-17-7-9-18(10-8-17)27-12-11-19-16(3)29-22(24-19)21-6-5-13-30-21/h5-10,13,15,20H,4,11-12,14H2,1-3H3,(H,25,26). The van der Waals surface area contributed by atoms with Crippen LogP contribution in [0.1, 0.15) is 37.3 Å². The molecule has 0 aliphatic carbocycles. The van der Waals surface area contributed by atoms with Gasteiger partial charge in [-0.05, 0) is 49.4 Å². The summed E-state index contributed by atoms with van der Waals surface area (Å²) in [4.78, 5) is 17.0. The number of carboxylic acid groups (broad SMARTS) is 1. The van der Waals surface area contributed by atoms with Crippen molar-refractivity contribution in [2.75, 3.05) is 6.61 Å². The fraction of sp³-hybridized carbons (Fsp3) is 0.391. The van der Waals surface area contributed by atoms with Crippen LogP contribution in [0.15, 0.2) is 46.2 Å². The molecule has 0 aliphatic rings. The van der Waals surface area contributed by atoms with E-state index in [2.05, 4.69) is 4.98 Å². The van der Waals surface area contributed by atoms with Crippen LogP contribution < -0.4 is 4.74 Å². The Morgan fingerprint density at radius 1 is 1.27 bits per heavy atom. The number of benzene rings is 1. The molecule has 0 aliphatic heterocycles. The number of rotatable bonds is 11. The third kappa shape index (κ3) is 5.93. The normalized spacial score (nSPS) is 13.2. The van der Waals surface area contributed by atoms with Gasteiger partial charge in [0.2, 0.25) is 5.89 Å². The number of aryl methyl sites for hydroxylation is 1. The molecule has 2 unspecified atom stereocenters. The van der Waals surface area contributed by atoms with Crippen molar-refractivity contribution >= 4 is 17.3 Å². The SMILES string of the molecule is CCC(C)OC(Cc1ccc(OCCc2nc(-c3cccs3)oc2C)cc1)C(=O)O. The summed E-state index contributed by atoms with van der Waals surface area (Å²) in [6.45, 7) is 6.24. The lowest BCUT2D eigenvalue weighted by molar-refractivity contribution is -0.153. The van der Waals surface area contributed by atoms with Crippen molar-refractivity contribution < 1.29 is 23.8 Å². The van der Waals surface area contributed by atoms with Gasteiger partial charge in [-0.25, -0.2) is 9.78 Å². The molecule has 1 aromatic carbocycles. The number of thiophene rings is 1. The average Bonchev–Trinajstić information content (AvgIpc) is 3.38. The summed E-state index contributed by atoms with van der Waals surface area (Å²) in [5.41, 5.74) is 1.78. The van der Waals surface area contributed by atoms with E-state index in [1.54, 1.807) is 11.3 Å². The van der Waals surface area contributed by atoms with Crippen LogP contribution in [0.25, 0.3) is 10.8 Å². The summed E-state index contributed by atoms with van der Waals surface area (Å²) in [6.07, 6.45) is 0.806. The molecule has 3 aromatic rings. The number of hydrogen-bond acceptors (Lipinski definition) is 6. The minimum Gasteiger partial charge on any atom is -0.493 e. The van der Waals surface area contributed by atoms with Gasteiger partial charge in [-0.3, -0.25) is 0 Å². The van der Waals surface area contributed by atoms with E-state index >= 15 is 0 Å². The van der Waals surface area contributed by atoms with E-state index in [1.807, 2.05) is 62.5 Å². The first kappa shape index (κ1) is 22.1. The second-order valence-corrected chi connectivity index (χ2v) is 8.08. The Morgan fingerprint density at radius 2 is 2.03 bits per heavy atom. The first-order valence-corrected chi connectivity index (χ1v) is 10.9. The number of carbonyl (C=O) groups is 1. The molecule has 7 heteroatoms. The highest BCUT2D eigenvalue weighted by atomic mass is 32.1. The predicted molar refractivity (Wildman–Crippen MR) is 116 cm³/mol. The fourth-order valence-corrected chi connectivity index (χ4v) is 3.59. The molecule has 3 rings (SSSR count). The summed E-state index contributed by atoms with van der Waals surface area (Å²) < 4.78 is 17.2. The number of aliphatic carboxylic acids is 1. The number of hydrogen-bond donors (Lipinski definition) is 1. The summed E-state index contributed by atoms with van der Waals surface area (Å²) in [5.74, 6) is 1.24. The lowest BCUT2D eigenvalue weighted by Crippen LogP contribution is -2.30. The smallest absolute Gasteiger partial charge is 0.333 e. The van der Waals surface area contributed by atoms with E-state index in [0.29, 0.717) is 25.3 Å². The third-order valence-corrected chi connectivity index (χ3v) is 5.68. The zero-order valence-corrected chi connectivity index (χ0v) is 18.3. The lowest BCUT2D eigenvalue weighted by atomic mass is 10.1. The van der Waals surface area contributed by atoms with Gasteiger partial charge in [-0.2, -0.15) is 0 Å². The van der Waals surface area contributed by atoms with Crippen molar-refractivity contribution in [3.8, 4) is 16.5 Å². The van der Waals surface area contributed by atoms with Crippen molar-refractivity contribution in [1.29, 1.82) is 0 Å². The van der Waals surface area contributed by atoms with Crippen LogP contribution in [0.3, 0.4) is 0 Å². The Morgan fingerprint density at radius 3 is 2.67 bits per heavy atom. The maximum atomic E-state index is 11.4. The van der Waals surface area contributed by atoms with Gasteiger partial charge in [0.25, 0.3) is 0 Å². The van der Waals surface area contributed by atoms with Gasteiger partial charge in [0.05, 0.1) is 23.3 Å². The van der Waals surface area contributed by atoms with E-state index in [1.165, 1.54) is 0 Å². The summed E-state index contributed by atoms with van der Waals surface area (Å²) in [5, 5.41) is 11.4. The molecule has 0 bridgehead atoms. The van der Waals surface area contributed by atoms with Crippen LogP contribution in [0.2, 0.25) is 0 Å². The molecule has 0 saturated heterocycles. The summed E-state index contributed by atoms with van der Waals surface area (Å²) in [6, 6.07) is 11.4. The molecule has 0 spiro atoms. The van der Waals surface area contributed by atoms with E-state index in [-0.39, 0.29) is 6.10 Å². The number of ether oxygens (including phenoxy) is 2. The van der Waals surface area contributed by atoms with Crippen molar-refractivity contribution in [3.05, 3.63) is 58.8 Å². The molecule has 6 nitrogen and oxygen atoms in total. The zero-order valence-electron chi connectivity index (χ0n) is 17.5. The quantitative estimate of drug-likeness (QED) is 0.454. The number of nitrogens with zero attached hydrogens (tertiary/aromatic N) is 1. The lowest BCUT2D eigenvalue weighted by Gasteiger charge is -2.18. The maximum absolute atomic E-state index is 11.4. The van der Waals surface area contributed by atoms with Crippen molar-refractivity contribution in [2.24, 2.45) is 0 Å². The molecule has 2 heterocycles. The molecule has 1 N–H and O–H groups in total. The monoisotopic (exact) mass is 429 g/mol. The molecular weight excluding hydrogens is 402 g/mol. The summed E-state index contributed by atoms with van der Waals surface area (Å²) in [7, 11) is 0. The number of aromatic nitrogens is 1. The van der Waals surface area contributed by atoms with Gasteiger partial charge in [0.1, 0.15) is 11.5 Å². The van der Waals surface area contributed by atoms with Gasteiger partial charge in [-0.15, -0.1) is 11.3 Å². The second kappa shape index (κ2) is 10.4. The first-order chi connectivity index (χ1) is 14.5. The molecule has 30 heavy (non-hydrogen) atoms. The zero-order chi connectivity index (χ0) is 21.5. The molecule has 0 amide bonds. The highest BCUT2D eigenvalue weighted by molar-refractivity contribution is 7.13. The minimum absolute atomic E-state index is 0.0889. The highest BCUT2D eigenvalue weighted by Crippen LogP contribution is 2.26. The van der Waals surface area contributed by atoms with Gasteiger partial charge in [0, 0.05) is 12.8 Å². The molecule has 0 saturated carbocycles. The Bertz CT molecular complexity index is 933. The number of carboxylic acids is 1. The van der Waals surface area contributed by atoms with Gasteiger partial charge < -0.3 is 19.0 Å². The minimum atomic E-state index is -0.944. The van der Waals surface area contributed by atoms with Gasteiger partial charge in [0.15, 0.2) is 6.10 Å². The molecule has 160 valence electrons. The van der Waals surface area contributed by atoms with Crippen molar-refractivity contribution in [2.45, 2.75) is 52.2 Å². The van der Waals surface area contributed by atoms with E-state index in [4.69, 9.17) is 13.9 Å². The van der Waals surface area contributed by atoms with Crippen LogP contribution in [-0.2, 0) is 22.4 Å². The van der Waals surface area contributed by atoms with E-state index < -0.39 is 12.1 Å². The third-order valence-electron chi connectivity index (χ3n) is 4.82. The highest BCUT2D eigenvalue weighted by Gasteiger charge is 2.21. The second-order valence-electron chi connectivity index (χ2n) is 7.13. The largest absolute Gasteiger partial charge is 0.493 e. The first-order valence-electron chi connectivity index (χ1n) is 10.1. The van der Waals surface area contributed by atoms with Crippen LogP contribution in [0, 0.1) is 6.92 Å². The Kier molecular flexibility index (Phi) is 7.65. The van der Waals surface area contributed by atoms with Crippen molar-refractivity contribution in [1.82, 2.24) is 4.98 Å². The molecule has 2 atom stereocenters. The van der Waals surface area contributed by atoms with Crippen LogP contribution in [-0.4, -0.2) is 34.9 Å². The van der Waals surface area contributed by atoms with Gasteiger partial charge >= 0.3 is 5.97 Å².